The molecule has 1 aromatic carbocycles. The van der Waals surface area contributed by atoms with Gasteiger partial charge in [0.1, 0.15) is 0 Å². The maximum atomic E-state index is 12.0. The zero-order valence-corrected chi connectivity index (χ0v) is 14.0. The predicted molar refractivity (Wildman–Crippen MR) is 88.0 cm³/mol. The summed E-state index contributed by atoms with van der Waals surface area (Å²) < 4.78 is 10.9. The van der Waals surface area contributed by atoms with Crippen LogP contribution in [0.3, 0.4) is 0 Å². The number of carbonyl (C=O) groups excluding carboxylic acids is 2. The van der Waals surface area contributed by atoms with Crippen LogP contribution in [0.5, 0.6) is 0 Å². The summed E-state index contributed by atoms with van der Waals surface area (Å²) in [5, 5.41) is 12.6. The van der Waals surface area contributed by atoms with Crippen LogP contribution in [0.15, 0.2) is 30.3 Å². The number of aryl methyl sites for hydroxylation is 1. The van der Waals surface area contributed by atoms with Gasteiger partial charge in [-0.05, 0) is 12.5 Å². The summed E-state index contributed by atoms with van der Waals surface area (Å²) in [5.41, 5.74) is 3.06. The molecule has 0 N–H and O–H groups in total. The third-order valence-corrected chi connectivity index (χ3v) is 3.79. The van der Waals surface area contributed by atoms with Gasteiger partial charge in [0.25, 0.3) is 0 Å². The van der Waals surface area contributed by atoms with Crippen LogP contribution in [-0.2, 0) is 20.7 Å². The van der Waals surface area contributed by atoms with Crippen molar-refractivity contribution in [2.24, 2.45) is 0 Å². The molecule has 0 fully saturated rings. The number of carbonyl (C=O) groups is 2. The Kier molecular flexibility index (Phi) is 4.42. The molecule has 0 spiro atoms. The number of hydrogen-bond donors (Lipinski definition) is 0. The molecule has 0 aliphatic heterocycles. The molecule has 0 bridgehead atoms. The van der Waals surface area contributed by atoms with Crippen molar-refractivity contribution in [2.75, 3.05) is 14.2 Å². The Morgan fingerprint density at radius 3 is 2.44 bits per heavy atom. The fourth-order valence-electron chi connectivity index (χ4n) is 2.62. The van der Waals surface area contributed by atoms with Crippen molar-refractivity contribution in [3.63, 3.8) is 0 Å². The fourth-order valence-corrected chi connectivity index (χ4v) is 2.62. The molecule has 0 aliphatic carbocycles. The van der Waals surface area contributed by atoms with Crippen molar-refractivity contribution in [3.8, 4) is 11.1 Å². The summed E-state index contributed by atoms with van der Waals surface area (Å²) >= 11 is 0. The van der Waals surface area contributed by atoms with Gasteiger partial charge < -0.3 is 9.47 Å². The van der Waals surface area contributed by atoms with Crippen LogP contribution in [0.1, 0.15) is 21.9 Å². The molecule has 0 unspecified atom stereocenters. The zero-order valence-electron chi connectivity index (χ0n) is 14.0. The lowest BCUT2D eigenvalue weighted by Crippen LogP contribution is -2.18. The minimum Gasteiger partial charge on any atom is -0.469 e. The van der Waals surface area contributed by atoms with Crippen molar-refractivity contribution in [2.45, 2.75) is 13.3 Å². The van der Waals surface area contributed by atoms with Crippen LogP contribution in [0.2, 0.25) is 0 Å². The van der Waals surface area contributed by atoms with Gasteiger partial charge in [0.05, 0.1) is 37.6 Å². The van der Waals surface area contributed by atoms with Crippen LogP contribution >= 0.6 is 0 Å². The second kappa shape index (κ2) is 6.68. The Morgan fingerprint density at radius 1 is 1.08 bits per heavy atom. The van der Waals surface area contributed by atoms with E-state index in [1.807, 2.05) is 37.3 Å². The Morgan fingerprint density at radius 2 is 1.80 bits per heavy atom. The number of hydrogen-bond acceptors (Lipinski definition) is 7. The van der Waals surface area contributed by atoms with E-state index in [-0.39, 0.29) is 17.8 Å². The first-order valence-corrected chi connectivity index (χ1v) is 7.52. The molecule has 128 valence electrons. The number of esters is 2. The van der Waals surface area contributed by atoms with Gasteiger partial charge in [0.15, 0.2) is 11.3 Å². The lowest BCUT2D eigenvalue weighted by atomic mass is 10.1. The molecule has 8 heteroatoms. The van der Waals surface area contributed by atoms with E-state index >= 15 is 0 Å². The van der Waals surface area contributed by atoms with E-state index in [2.05, 4.69) is 15.3 Å². The summed E-state index contributed by atoms with van der Waals surface area (Å²) in [7, 11) is 2.51. The lowest BCUT2D eigenvalue weighted by Gasteiger charge is -2.08. The minimum atomic E-state index is -0.692. The van der Waals surface area contributed by atoms with Crippen molar-refractivity contribution in [1.29, 1.82) is 0 Å². The van der Waals surface area contributed by atoms with Gasteiger partial charge in [0, 0.05) is 0 Å². The van der Waals surface area contributed by atoms with E-state index in [0.29, 0.717) is 11.3 Å². The van der Waals surface area contributed by atoms with E-state index in [0.717, 1.165) is 11.1 Å². The van der Waals surface area contributed by atoms with Gasteiger partial charge in [-0.2, -0.15) is 5.10 Å². The van der Waals surface area contributed by atoms with Crippen molar-refractivity contribution < 1.29 is 19.1 Å². The molecule has 25 heavy (non-hydrogen) atoms. The average molecular weight is 340 g/mol. The van der Waals surface area contributed by atoms with Crippen LogP contribution < -0.4 is 0 Å². The molecule has 0 amide bonds. The van der Waals surface area contributed by atoms with Gasteiger partial charge in [-0.3, -0.25) is 4.79 Å². The summed E-state index contributed by atoms with van der Waals surface area (Å²) in [6, 6.07) is 9.59. The van der Waals surface area contributed by atoms with Gasteiger partial charge in [-0.15, -0.1) is 10.2 Å². The number of fused-ring (bicyclic) bond motifs is 1. The van der Waals surface area contributed by atoms with Gasteiger partial charge in [0.2, 0.25) is 0 Å². The third kappa shape index (κ3) is 2.93. The largest absolute Gasteiger partial charge is 0.469 e. The highest BCUT2D eigenvalue weighted by atomic mass is 16.5. The molecule has 3 rings (SSSR count). The van der Waals surface area contributed by atoms with E-state index in [1.165, 1.54) is 18.7 Å². The highest BCUT2D eigenvalue weighted by Gasteiger charge is 2.24. The smallest absolute Gasteiger partial charge is 0.360 e. The third-order valence-electron chi connectivity index (χ3n) is 3.79. The first-order valence-electron chi connectivity index (χ1n) is 7.52. The van der Waals surface area contributed by atoms with Crippen LogP contribution in [-0.4, -0.2) is 46.0 Å². The Bertz CT molecular complexity index is 950. The number of rotatable bonds is 4. The number of benzene rings is 1. The molecule has 0 saturated carbocycles. The summed E-state index contributed by atoms with van der Waals surface area (Å²) in [6.07, 6.45) is -0.178. The molecule has 3 aromatic rings. The molecule has 2 heterocycles. The van der Waals surface area contributed by atoms with E-state index in [4.69, 9.17) is 9.47 Å². The van der Waals surface area contributed by atoms with Crippen molar-refractivity contribution >= 4 is 17.6 Å². The summed E-state index contributed by atoms with van der Waals surface area (Å²) in [6.45, 7) is 1.83. The van der Waals surface area contributed by atoms with E-state index < -0.39 is 11.9 Å². The van der Waals surface area contributed by atoms with E-state index in [1.54, 1.807) is 0 Å². The maximum Gasteiger partial charge on any atom is 0.360 e. The van der Waals surface area contributed by atoms with Crippen LogP contribution in [0.4, 0.5) is 0 Å². The predicted octanol–water partition coefficient (Wildman–Crippen LogP) is 1.60. The number of methoxy groups -OCH3 is 2. The molecule has 0 aliphatic rings. The lowest BCUT2D eigenvalue weighted by molar-refractivity contribution is -0.139. The summed E-state index contributed by atoms with van der Waals surface area (Å²) in [5.74, 6) is -1.21. The van der Waals surface area contributed by atoms with E-state index in [9.17, 15) is 9.59 Å². The highest BCUT2D eigenvalue weighted by Crippen LogP contribution is 2.27. The first kappa shape index (κ1) is 16.6. The standard InChI is InChI=1S/C17H16N4O4/c1-10-14(11-7-5-4-6-8-11)16-19-18-15(17(23)25-3)12(21(16)20-10)9-13(22)24-2/h4-8H,9H2,1-3H3. The highest BCUT2D eigenvalue weighted by molar-refractivity contribution is 5.90. The minimum absolute atomic E-state index is 0.0671. The van der Waals surface area contributed by atoms with Gasteiger partial charge >= 0.3 is 11.9 Å². The molecular formula is C17H16N4O4. The van der Waals surface area contributed by atoms with Crippen LogP contribution in [0.25, 0.3) is 16.8 Å². The second-order valence-electron chi connectivity index (χ2n) is 5.30. The molecular weight excluding hydrogens is 324 g/mol. The molecule has 8 nitrogen and oxygen atoms in total. The van der Waals surface area contributed by atoms with Crippen molar-refractivity contribution in [3.05, 3.63) is 47.4 Å². The number of ether oxygens (including phenoxy) is 2. The van der Waals surface area contributed by atoms with Crippen LogP contribution in [0, 0.1) is 6.92 Å². The summed E-state index contributed by atoms with van der Waals surface area (Å²) in [4.78, 5) is 23.8. The van der Waals surface area contributed by atoms with Crippen molar-refractivity contribution in [1.82, 2.24) is 19.8 Å². The monoisotopic (exact) mass is 340 g/mol. The zero-order chi connectivity index (χ0) is 18.0. The molecule has 0 saturated heterocycles. The fraction of sp³-hybridized carbons (Fsp3) is 0.235. The second-order valence-corrected chi connectivity index (χ2v) is 5.30. The Labute approximate surface area is 143 Å². The Hall–Kier alpha value is -3.29. The Balaban J connectivity index is 2.28. The average Bonchev–Trinajstić information content (AvgIpc) is 2.98. The van der Waals surface area contributed by atoms with Gasteiger partial charge in [-0.1, -0.05) is 30.3 Å². The SMILES string of the molecule is COC(=O)Cc1c(C(=O)OC)nnc2c(-c3ccccc3)c(C)nn12. The first-order chi connectivity index (χ1) is 12.1. The molecule has 0 atom stereocenters. The number of aromatic nitrogens is 4. The topological polar surface area (TPSA) is 95.7 Å². The normalized spacial score (nSPS) is 10.7. The maximum absolute atomic E-state index is 12.0. The number of nitrogens with zero attached hydrogens (tertiary/aromatic N) is 4. The molecule has 2 aromatic heterocycles. The quantitative estimate of drug-likeness (QED) is 0.666. The molecule has 0 radical (unpaired) electrons. The van der Waals surface area contributed by atoms with Gasteiger partial charge in [-0.25, -0.2) is 9.31 Å².